The van der Waals surface area contributed by atoms with E-state index in [2.05, 4.69) is 22.1 Å². The van der Waals surface area contributed by atoms with Gasteiger partial charge in [0.15, 0.2) is 9.84 Å². The van der Waals surface area contributed by atoms with Crippen molar-refractivity contribution in [3.05, 3.63) is 41.7 Å². The van der Waals surface area contributed by atoms with Crippen LogP contribution in [-0.4, -0.2) is 72.4 Å². The van der Waals surface area contributed by atoms with Gasteiger partial charge in [0.25, 0.3) is 0 Å². The molecule has 2 aliphatic rings. The van der Waals surface area contributed by atoms with E-state index >= 15 is 0 Å². The summed E-state index contributed by atoms with van der Waals surface area (Å²) in [5.41, 5.74) is 3.05. The number of nitrogens with zero attached hydrogens (tertiary/aromatic N) is 4. The number of thioether (sulfide) groups is 1. The molecule has 0 spiro atoms. The van der Waals surface area contributed by atoms with Crippen LogP contribution in [0.4, 0.5) is 5.69 Å². The van der Waals surface area contributed by atoms with Gasteiger partial charge in [0.1, 0.15) is 0 Å². The van der Waals surface area contributed by atoms with Crippen LogP contribution in [0, 0.1) is 13.8 Å². The van der Waals surface area contributed by atoms with Crippen molar-refractivity contribution in [3.63, 3.8) is 0 Å². The predicted octanol–water partition coefficient (Wildman–Crippen LogP) is 2.69. The fraction of sp³-hybridized carbons (Fsp3) is 0.545. The zero-order chi connectivity index (χ0) is 22.0. The van der Waals surface area contributed by atoms with E-state index in [9.17, 15) is 13.2 Å². The van der Waals surface area contributed by atoms with Gasteiger partial charge in [-0.2, -0.15) is 5.10 Å². The normalized spacial score (nSPS) is 20.9. The molecule has 0 radical (unpaired) electrons. The summed E-state index contributed by atoms with van der Waals surface area (Å²) in [5, 5.41) is 4.68. The number of sulfone groups is 1. The molecule has 1 aromatic carbocycles. The van der Waals surface area contributed by atoms with Gasteiger partial charge in [-0.15, -0.1) is 11.8 Å². The van der Waals surface area contributed by atoms with E-state index < -0.39 is 9.84 Å². The number of aryl methyl sites for hydroxylation is 1. The second-order valence-corrected chi connectivity index (χ2v) is 11.7. The first-order valence-corrected chi connectivity index (χ1v) is 13.6. The van der Waals surface area contributed by atoms with Gasteiger partial charge in [-0.25, -0.2) is 8.42 Å². The number of rotatable bonds is 6. The minimum atomic E-state index is -2.95. The van der Waals surface area contributed by atoms with E-state index in [1.54, 1.807) is 11.8 Å². The van der Waals surface area contributed by atoms with E-state index in [0.717, 1.165) is 35.9 Å². The van der Waals surface area contributed by atoms with E-state index in [0.29, 0.717) is 25.9 Å². The summed E-state index contributed by atoms with van der Waals surface area (Å²) in [6.07, 6.45) is 1.18. The SMILES string of the molecule is Cc1nn(C2CCS(=O)(=O)C2)c(C)c1N1CCN(C(=O)CCSc2ccccc2)CC1. The standard InChI is InChI=1S/C22H30N4O3S2/c1-17-22(18(2)26(23-17)19-9-15-31(28,29)16-19)25-12-10-24(11-13-25)21(27)8-14-30-20-6-4-3-5-7-20/h3-7,19H,8-16H2,1-2H3. The molecule has 31 heavy (non-hydrogen) atoms. The molecule has 1 aromatic heterocycles. The van der Waals surface area contributed by atoms with Crippen LogP contribution in [0.1, 0.15) is 30.3 Å². The van der Waals surface area contributed by atoms with Crippen LogP contribution < -0.4 is 4.90 Å². The fourth-order valence-corrected chi connectivity index (χ4v) is 7.10. The van der Waals surface area contributed by atoms with Crippen molar-refractivity contribution in [2.75, 3.05) is 48.3 Å². The van der Waals surface area contributed by atoms with Crippen LogP contribution in [0.3, 0.4) is 0 Å². The fourth-order valence-electron chi connectivity index (χ4n) is 4.55. The molecule has 2 fully saturated rings. The molecule has 3 heterocycles. The topological polar surface area (TPSA) is 75.5 Å². The Labute approximate surface area is 188 Å². The summed E-state index contributed by atoms with van der Waals surface area (Å²) in [7, 11) is -2.95. The molecule has 4 rings (SSSR count). The summed E-state index contributed by atoms with van der Waals surface area (Å²) in [5.74, 6) is 1.42. The third-order valence-electron chi connectivity index (χ3n) is 6.12. The lowest BCUT2D eigenvalue weighted by molar-refractivity contribution is -0.131. The van der Waals surface area contributed by atoms with Gasteiger partial charge in [-0.1, -0.05) is 18.2 Å². The minimum absolute atomic E-state index is 0.0672. The third-order valence-corrected chi connectivity index (χ3v) is 8.88. The van der Waals surface area contributed by atoms with Crippen LogP contribution in [-0.2, 0) is 14.6 Å². The van der Waals surface area contributed by atoms with Crippen molar-refractivity contribution in [3.8, 4) is 0 Å². The first-order valence-electron chi connectivity index (χ1n) is 10.8. The Balaban J connectivity index is 1.32. The Morgan fingerprint density at radius 2 is 1.84 bits per heavy atom. The minimum Gasteiger partial charge on any atom is -0.365 e. The number of piperazine rings is 1. The quantitative estimate of drug-likeness (QED) is 0.615. The molecule has 2 saturated heterocycles. The Kier molecular flexibility index (Phi) is 6.62. The maximum Gasteiger partial charge on any atom is 0.223 e. The van der Waals surface area contributed by atoms with Gasteiger partial charge < -0.3 is 9.80 Å². The molecule has 0 saturated carbocycles. The molecular formula is C22H30N4O3S2. The van der Waals surface area contributed by atoms with Crippen LogP contribution in [0.25, 0.3) is 0 Å². The molecule has 168 valence electrons. The highest BCUT2D eigenvalue weighted by molar-refractivity contribution is 7.99. The van der Waals surface area contributed by atoms with Crippen LogP contribution in [0.15, 0.2) is 35.2 Å². The molecule has 1 unspecified atom stereocenters. The monoisotopic (exact) mass is 462 g/mol. The Morgan fingerprint density at radius 3 is 2.48 bits per heavy atom. The van der Waals surface area contributed by atoms with E-state index in [1.165, 1.54) is 4.90 Å². The summed E-state index contributed by atoms with van der Waals surface area (Å²) in [6, 6.07) is 10.1. The van der Waals surface area contributed by atoms with E-state index in [4.69, 9.17) is 0 Å². The lowest BCUT2D eigenvalue weighted by Gasteiger charge is -2.36. The summed E-state index contributed by atoms with van der Waals surface area (Å²) >= 11 is 1.72. The largest absolute Gasteiger partial charge is 0.365 e. The van der Waals surface area contributed by atoms with Crippen LogP contribution >= 0.6 is 11.8 Å². The molecule has 1 atom stereocenters. The highest BCUT2D eigenvalue weighted by Gasteiger charge is 2.33. The van der Waals surface area contributed by atoms with Crippen LogP contribution in [0.2, 0.25) is 0 Å². The van der Waals surface area contributed by atoms with Crippen molar-refractivity contribution in [2.45, 2.75) is 37.6 Å². The molecule has 2 aliphatic heterocycles. The average molecular weight is 463 g/mol. The zero-order valence-corrected chi connectivity index (χ0v) is 19.8. The summed E-state index contributed by atoms with van der Waals surface area (Å²) in [6.45, 7) is 6.97. The second kappa shape index (κ2) is 9.24. The van der Waals surface area contributed by atoms with E-state index in [-0.39, 0.29) is 23.5 Å². The van der Waals surface area contributed by atoms with Gasteiger partial charge in [0, 0.05) is 43.2 Å². The number of hydrogen-bond donors (Lipinski definition) is 0. The number of benzene rings is 1. The molecule has 1 amide bonds. The molecule has 0 aliphatic carbocycles. The number of aromatic nitrogens is 2. The van der Waals surface area contributed by atoms with Gasteiger partial charge in [-0.05, 0) is 32.4 Å². The maximum absolute atomic E-state index is 12.6. The molecule has 0 bridgehead atoms. The number of carbonyl (C=O) groups excluding carboxylic acids is 1. The number of anilines is 1. The first kappa shape index (κ1) is 22.2. The molecule has 9 heteroatoms. The molecule has 0 N–H and O–H groups in total. The number of hydrogen-bond acceptors (Lipinski definition) is 6. The number of carbonyl (C=O) groups is 1. The molecular weight excluding hydrogens is 432 g/mol. The Hall–Kier alpha value is -2.00. The Bertz CT molecular complexity index is 1030. The average Bonchev–Trinajstić information content (AvgIpc) is 3.26. The van der Waals surface area contributed by atoms with Crippen molar-refractivity contribution < 1.29 is 13.2 Å². The van der Waals surface area contributed by atoms with Crippen molar-refractivity contribution in [1.29, 1.82) is 0 Å². The molecule has 7 nitrogen and oxygen atoms in total. The lowest BCUT2D eigenvalue weighted by Crippen LogP contribution is -2.49. The maximum atomic E-state index is 12.6. The van der Waals surface area contributed by atoms with Gasteiger partial charge >= 0.3 is 0 Å². The van der Waals surface area contributed by atoms with Crippen molar-refractivity contribution in [1.82, 2.24) is 14.7 Å². The third kappa shape index (κ3) is 5.09. The highest BCUT2D eigenvalue weighted by atomic mass is 32.2. The van der Waals surface area contributed by atoms with Crippen molar-refractivity contribution >= 4 is 33.2 Å². The second-order valence-electron chi connectivity index (χ2n) is 8.30. The van der Waals surface area contributed by atoms with E-state index in [1.807, 2.05) is 41.6 Å². The van der Waals surface area contributed by atoms with Gasteiger partial charge in [0.05, 0.1) is 34.6 Å². The van der Waals surface area contributed by atoms with Crippen LogP contribution in [0.5, 0.6) is 0 Å². The highest BCUT2D eigenvalue weighted by Crippen LogP contribution is 2.31. The van der Waals surface area contributed by atoms with Gasteiger partial charge in [0.2, 0.25) is 5.91 Å². The molecule has 2 aromatic rings. The lowest BCUT2D eigenvalue weighted by atomic mass is 10.2. The van der Waals surface area contributed by atoms with Gasteiger partial charge in [-0.3, -0.25) is 9.48 Å². The summed E-state index contributed by atoms with van der Waals surface area (Å²) in [4.78, 5) is 18.1. The summed E-state index contributed by atoms with van der Waals surface area (Å²) < 4.78 is 25.7. The predicted molar refractivity (Wildman–Crippen MR) is 125 cm³/mol. The Morgan fingerprint density at radius 1 is 1.13 bits per heavy atom. The zero-order valence-electron chi connectivity index (χ0n) is 18.2. The van der Waals surface area contributed by atoms with Crippen molar-refractivity contribution in [2.24, 2.45) is 0 Å². The smallest absolute Gasteiger partial charge is 0.223 e. The number of amides is 1. The first-order chi connectivity index (χ1) is 14.8.